The zero-order valence-electron chi connectivity index (χ0n) is 10.9. The Kier molecular flexibility index (Phi) is 9.08. The van der Waals surface area contributed by atoms with Crippen molar-refractivity contribution in [2.45, 2.75) is 38.3 Å². The van der Waals surface area contributed by atoms with Crippen molar-refractivity contribution in [2.24, 2.45) is 10.7 Å². The molecule has 0 radical (unpaired) electrons. The Balaban J connectivity index is 0.00000289. The molecule has 1 rings (SSSR count). The summed E-state index contributed by atoms with van der Waals surface area (Å²) in [5.41, 5.74) is 5.73. The normalized spacial score (nSPS) is 21.8. The maximum absolute atomic E-state index is 11.2. The highest BCUT2D eigenvalue weighted by molar-refractivity contribution is 14.0. The molecule has 1 aliphatic heterocycles. The molecule has 0 saturated carbocycles. The summed E-state index contributed by atoms with van der Waals surface area (Å²) < 4.78 is 4.98. The van der Waals surface area contributed by atoms with E-state index < -0.39 is 0 Å². The summed E-state index contributed by atoms with van der Waals surface area (Å²) in [5, 5.41) is 5.92. The lowest BCUT2D eigenvalue weighted by Crippen LogP contribution is -2.43. The fraction of sp³-hybridized carbons (Fsp3) is 0.818. The number of rotatable bonds is 5. The van der Waals surface area contributed by atoms with Gasteiger partial charge in [0.15, 0.2) is 5.96 Å². The standard InChI is InChI=1S/C11H22N4O2.HI/c1-8(7-17-2)14-11(12)13-6-9-4-3-5-10(16)15-9;/h8-9H,3-7H2,1-2H3,(H,15,16)(H3,12,13,14);1H. The van der Waals surface area contributed by atoms with Crippen LogP contribution in [0.5, 0.6) is 0 Å². The van der Waals surface area contributed by atoms with Gasteiger partial charge in [-0.15, -0.1) is 24.0 Å². The second-order valence-corrected chi connectivity index (χ2v) is 4.38. The minimum Gasteiger partial charge on any atom is -0.383 e. The highest BCUT2D eigenvalue weighted by Gasteiger charge is 2.17. The molecule has 4 N–H and O–H groups in total. The zero-order valence-corrected chi connectivity index (χ0v) is 13.3. The first-order valence-electron chi connectivity index (χ1n) is 5.96. The van der Waals surface area contributed by atoms with Gasteiger partial charge in [0.05, 0.1) is 13.2 Å². The lowest BCUT2D eigenvalue weighted by molar-refractivity contribution is -0.123. The minimum absolute atomic E-state index is 0. The van der Waals surface area contributed by atoms with Gasteiger partial charge in [0, 0.05) is 25.6 Å². The van der Waals surface area contributed by atoms with Gasteiger partial charge < -0.3 is 21.1 Å². The predicted octanol–water partition coefficient (Wildman–Crippen LogP) is 0.212. The van der Waals surface area contributed by atoms with Crippen LogP contribution >= 0.6 is 24.0 Å². The first-order valence-corrected chi connectivity index (χ1v) is 5.96. The number of aliphatic imine (C=N–C) groups is 1. The van der Waals surface area contributed by atoms with E-state index in [1.54, 1.807) is 7.11 Å². The molecule has 6 nitrogen and oxygen atoms in total. The fourth-order valence-corrected chi connectivity index (χ4v) is 1.82. The Hall–Kier alpha value is -0.570. The Morgan fingerprint density at radius 3 is 3.06 bits per heavy atom. The predicted molar refractivity (Wildman–Crippen MR) is 82.2 cm³/mol. The third-order valence-corrected chi connectivity index (χ3v) is 2.61. The number of piperidine rings is 1. The minimum atomic E-state index is 0. The topological polar surface area (TPSA) is 88.7 Å². The zero-order chi connectivity index (χ0) is 12.7. The smallest absolute Gasteiger partial charge is 0.220 e. The van der Waals surface area contributed by atoms with Crippen LogP contribution in [0.3, 0.4) is 0 Å². The van der Waals surface area contributed by atoms with Crippen molar-refractivity contribution in [2.75, 3.05) is 20.3 Å². The molecule has 2 atom stereocenters. The third kappa shape index (κ3) is 7.00. The van der Waals surface area contributed by atoms with Crippen molar-refractivity contribution >= 4 is 35.8 Å². The number of carbonyl (C=O) groups is 1. The monoisotopic (exact) mass is 370 g/mol. The van der Waals surface area contributed by atoms with E-state index >= 15 is 0 Å². The van der Waals surface area contributed by atoms with Crippen LogP contribution in [0.1, 0.15) is 26.2 Å². The van der Waals surface area contributed by atoms with Crippen LogP contribution in [0.4, 0.5) is 0 Å². The van der Waals surface area contributed by atoms with Gasteiger partial charge >= 0.3 is 0 Å². The number of halogens is 1. The summed E-state index contributed by atoms with van der Waals surface area (Å²) in [6.07, 6.45) is 2.52. The molecule has 0 bridgehead atoms. The SMILES string of the molecule is COCC(C)NC(N)=NCC1CCCC(=O)N1.I. The quantitative estimate of drug-likeness (QED) is 0.367. The van der Waals surface area contributed by atoms with E-state index in [9.17, 15) is 4.79 Å². The van der Waals surface area contributed by atoms with Gasteiger partial charge in [0.25, 0.3) is 0 Å². The highest BCUT2D eigenvalue weighted by Crippen LogP contribution is 2.07. The lowest BCUT2D eigenvalue weighted by Gasteiger charge is -2.22. The van der Waals surface area contributed by atoms with Gasteiger partial charge in [-0.1, -0.05) is 0 Å². The van der Waals surface area contributed by atoms with Crippen molar-refractivity contribution in [3.05, 3.63) is 0 Å². The van der Waals surface area contributed by atoms with E-state index in [-0.39, 0.29) is 42.0 Å². The fourth-order valence-electron chi connectivity index (χ4n) is 1.82. The number of methoxy groups -OCH3 is 1. The first kappa shape index (κ1) is 17.4. The summed E-state index contributed by atoms with van der Waals surface area (Å²) in [6, 6.07) is 0.249. The Morgan fingerprint density at radius 1 is 1.72 bits per heavy atom. The van der Waals surface area contributed by atoms with E-state index in [0.29, 0.717) is 25.5 Å². The molecular weight excluding hydrogens is 347 g/mol. The number of hydrogen-bond acceptors (Lipinski definition) is 3. The largest absolute Gasteiger partial charge is 0.383 e. The molecule has 7 heteroatoms. The number of guanidine groups is 1. The first-order chi connectivity index (χ1) is 8.11. The second kappa shape index (κ2) is 9.37. The van der Waals surface area contributed by atoms with E-state index in [1.165, 1.54) is 0 Å². The van der Waals surface area contributed by atoms with Crippen LogP contribution in [0.15, 0.2) is 4.99 Å². The maximum atomic E-state index is 11.2. The second-order valence-electron chi connectivity index (χ2n) is 4.38. The molecule has 1 saturated heterocycles. The van der Waals surface area contributed by atoms with Gasteiger partial charge in [-0.05, 0) is 19.8 Å². The molecule has 0 aromatic rings. The summed E-state index contributed by atoms with van der Waals surface area (Å²) in [4.78, 5) is 15.4. The van der Waals surface area contributed by atoms with Gasteiger partial charge in [-0.2, -0.15) is 0 Å². The van der Waals surface area contributed by atoms with Crippen molar-refractivity contribution in [1.29, 1.82) is 0 Å². The summed E-state index contributed by atoms with van der Waals surface area (Å²) in [6.45, 7) is 3.08. The number of ether oxygens (including phenoxy) is 1. The maximum Gasteiger partial charge on any atom is 0.220 e. The Labute approximate surface area is 125 Å². The number of nitrogens with one attached hydrogen (secondary N) is 2. The summed E-state index contributed by atoms with van der Waals surface area (Å²) >= 11 is 0. The van der Waals surface area contributed by atoms with E-state index in [2.05, 4.69) is 15.6 Å². The van der Waals surface area contributed by atoms with Crippen molar-refractivity contribution < 1.29 is 9.53 Å². The number of nitrogens with two attached hydrogens (primary N) is 1. The van der Waals surface area contributed by atoms with Crippen LogP contribution in [0.2, 0.25) is 0 Å². The molecule has 0 aromatic heterocycles. The van der Waals surface area contributed by atoms with Crippen LogP contribution in [-0.4, -0.2) is 44.2 Å². The molecule has 18 heavy (non-hydrogen) atoms. The molecule has 1 fully saturated rings. The lowest BCUT2D eigenvalue weighted by atomic mass is 10.0. The average Bonchev–Trinajstić information content (AvgIpc) is 2.27. The molecule has 0 aliphatic carbocycles. The number of carbonyl (C=O) groups excluding carboxylic acids is 1. The molecule has 0 spiro atoms. The van der Waals surface area contributed by atoms with Crippen molar-refractivity contribution in [3.8, 4) is 0 Å². The molecule has 2 unspecified atom stereocenters. The van der Waals surface area contributed by atoms with Gasteiger partial charge in [0.2, 0.25) is 5.91 Å². The summed E-state index contributed by atoms with van der Waals surface area (Å²) in [5.74, 6) is 0.505. The van der Waals surface area contributed by atoms with Gasteiger partial charge in [0.1, 0.15) is 0 Å². The molecule has 0 aromatic carbocycles. The van der Waals surface area contributed by atoms with Gasteiger partial charge in [-0.25, -0.2) is 0 Å². The Morgan fingerprint density at radius 2 is 2.44 bits per heavy atom. The number of amides is 1. The van der Waals surface area contributed by atoms with Gasteiger partial charge in [-0.3, -0.25) is 9.79 Å². The third-order valence-electron chi connectivity index (χ3n) is 2.61. The number of nitrogens with zero attached hydrogens (tertiary/aromatic N) is 1. The van der Waals surface area contributed by atoms with Crippen LogP contribution in [0, 0.1) is 0 Å². The summed E-state index contributed by atoms with van der Waals surface area (Å²) in [7, 11) is 1.64. The van der Waals surface area contributed by atoms with E-state index in [0.717, 1.165) is 12.8 Å². The molecular formula is C11H23IN4O2. The van der Waals surface area contributed by atoms with Crippen molar-refractivity contribution in [3.63, 3.8) is 0 Å². The number of hydrogen-bond donors (Lipinski definition) is 3. The highest BCUT2D eigenvalue weighted by atomic mass is 127. The Bertz CT molecular complexity index is 286. The molecule has 1 amide bonds. The van der Waals surface area contributed by atoms with Crippen LogP contribution in [-0.2, 0) is 9.53 Å². The van der Waals surface area contributed by atoms with E-state index in [4.69, 9.17) is 10.5 Å². The average molecular weight is 370 g/mol. The van der Waals surface area contributed by atoms with Crippen LogP contribution in [0.25, 0.3) is 0 Å². The van der Waals surface area contributed by atoms with Crippen molar-refractivity contribution in [1.82, 2.24) is 10.6 Å². The molecule has 106 valence electrons. The molecule has 1 heterocycles. The van der Waals surface area contributed by atoms with Crippen LogP contribution < -0.4 is 16.4 Å². The molecule has 1 aliphatic rings. The van der Waals surface area contributed by atoms with E-state index in [1.807, 2.05) is 6.92 Å².